The molecule has 0 saturated carbocycles. The number of fused-ring (bicyclic) bond motifs is 1. The molecule has 28 heavy (non-hydrogen) atoms. The van der Waals surface area contributed by atoms with Gasteiger partial charge < -0.3 is 11.1 Å². The van der Waals surface area contributed by atoms with Crippen LogP contribution < -0.4 is 16.6 Å². The molecule has 1 atom stereocenters. The van der Waals surface area contributed by atoms with Crippen LogP contribution in [0.15, 0.2) is 45.7 Å². The van der Waals surface area contributed by atoms with Gasteiger partial charge in [-0.3, -0.25) is 19.0 Å². The number of hydrogen-bond donors (Lipinski definition) is 2. The molecule has 1 aromatic carbocycles. The number of nitrogens with zero attached hydrogens (tertiary/aromatic N) is 2. The summed E-state index contributed by atoms with van der Waals surface area (Å²) in [5.41, 5.74) is 6.07. The van der Waals surface area contributed by atoms with E-state index in [0.717, 1.165) is 6.42 Å². The Morgan fingerprint density at radius 3 is 2.79 bits per heavy atom. The van der Waals surface area contributed by atoms with E-state index in [1.165, 1.54) is 23.1 Å². The van der Waals surface area contributed by atoms with Crippen molar-refractivity contribution in [2.75, 3.05) is 11.1 Å². The standard InChI is InChI=1S/C19H20N4O3S2/c1-3-11(2)23-18(26)12-6-4-5-7-14(12)21-19(23)28-10-15(24)22-17-13(16(20)25)8-9-27-17/h4-9,11H,3,10H2,1-2H3,(H2,20,25)(H,22,24)/t11-/m1/s1. The van der Waals surface area contributed by atoms with Crippen LogP contribution in [0.4, 0.5) is 5.00 Å². The summed E-state index contributed by atoms with van der Waals surface area (Å²) in [5, 5.41) is 5.86. The highest BCUT2D eigenvalue weighted by Crippen LogP contribution is 2.25. The summed E-state index contributed by atoms with van der Waals surface area (Å²) in [7, 11) is 0. The summed E-state index contributed by atoms with van der Waals surface area (Å²) >= 11 is 2.42. The van der Waals surface area contributed by atoms with E-state index in [0.29, 0.717) is 21.1 Å². The molecule has 3 aromatic rings. The highest BCUT2D eigenvalue weighted by atomic mass is 32.2. The third-order valence-electron chi connectivity index (χ3n) is 4.32. The van der Waals surface area contributed by atoms with Crippen molar-refractivity contribution >= 4 is 50.8 Å². The Morgan fingerprint density at radius 2 is 2.07 bits per heavy atom. The lowest BCUT2D eigenvalue weighted by Gasteiger charge is -2.18. The summed E-state index contributed by atoms with van der Waals surface area (Å²) in [6, 6.07) is 8.70. The molecule has 9 heteroatoms. The van der Waals surface area contributed by atoms with Gasteiger partial charge in [0.25, 0.3) is 11.5 Å². The molecule has 0 spiro atoms. The molecule has 2 aromatic heterocycles. The van der Waals surface area contributed by atoms with Crippen LogP contribution in [0.2, 0.25) is 0 Å². The van der Waals surface area contributed by atoms with Crippen LogP contribution in [-0.2, 0) is 4.79 Å². The van der Waals surface area contributed by atoms with E-state index < -0.39 is 5.91 Å². The first-order valence-corrected chi connectivity index (χ1v) is 10.6. The lowest BCUT2D eigenvalue weighted by molar-refractivity contribution is -0.113. The van der Waals surface area contributed by atoms with E-state index in [4.69, 9.17) is 5.73 Å². The van der Waals surface area contributed by atoms with Crippen LogP contribution in [0.1, 0.15) is 36.7 Å². The average molecular weight is 417 g/mol. The second kappa shape index (κ2) is 8.57. The molecule has 7 nitrogen and oxygen atoms in total. The number of amides is 2. The lowest BCUT2D eigenvalue weighted by Crippen LogP contribution is -2.26. The molecule has 0 bridgehead atoms. The molecule has 0 unspecified atom stereocenters. The maximum atomic E-state index is 12.9. The number of thioether (sulfide) groups is 1. The fraction of sp³-hybridized carbons (Fsp3) is 0.263. The third kappa shape index (κ3) is 4.10. The zero-order chi connectivity index (χ0) is 20.3. The molecule has 0 radical (unpaired) electrons. The number of primary amides is 1. The normalized spacial score (nSPS) is 12.1. The van der Waals surface area contributed by atoms with Crippen molar-refractivity contribution in [3.8, 4) is 0 Å². The van der Waals surface area contributed by atoms with E-state index in [-0.39, 0.29) is 28.8 Å². The SMILES string of the molecule is CC[C@@H](C)n1c(SCC(=O)Nc2sccc2C(N)=O)nc2ccccc2c1=O. The Bertz CT molecular complexity index is 1090. The molecule has 0 fully saturated rings. The number of nitrogens with one attached hydrogen (secondary N) is 1. The average Bonchev–Trinajstić information content (AvgIpc) is 3.14. The molecule has 3 N–H and O–H groups in total. The Balaban J connectivity index is 1.85. The fourth-order valence-corrected chi connectivity index (χ4v) is 4.40. The summed E-state index contributed by atoms with van der Waals surface area (Å²) in [5.74, 6) is -0.837. The zero-order valence-electron chi connectivity index (χ0n) is 15.5. The molecule has 146 valence electrons. The van der Waals surface area contributed by atoms with Crippen LogP contribution in [0.3, 0.4) is 0 Å². The van der Waals surface area contributed by atoms with Crippen LogP contribution in [0.25, 0.3) is 10.9 Å². The largest absolute Gasteiger partial charge is 0.366 e. The number of aromatic nitrogens is 2. The van der Waals surface area contributed by atoms with E-state index in [1.807, 2.05) is 26.0 Å². The van der Waals surface area contributed by atoms with Gasteiger partial charge in [0.1, 0.15) is 5.00 Å². The topological polar surface area (TPSA) is 107 Å². The lowest BCUT2D eigenvalue weighted by atomic mass is 10.2. The second-order valence-electron chi connectivity index (χ2n) is 6.21. The second-order valence-corrected chi connectivity index (χ2v) is 8.07. The number of thiophene rings is 1. The van der Waals surface area contributed by atoms with Gasteiger partial charge in [0.2, 0.25) is 5.91 Å². The number of anilines is 1. The van der Waals surface area contributed by atoms with Gasteiger partial charge >= 0.3 is 0 Å². The van der Waals surface area contributed by atoms with Gasteiger partial charge in [-0.1, -0.05) is 30.8 Å². The Kier molecular flexibility index (Phi) is 6.15. The number of rotatable bonds is 7. The Labute approximate surface area is 170 Å². The molecule has 2 heterocycles. The summed E-state index contributed by atoms with van der Waals surface area (Å²) in [6.07, 6.45) is 0.761. The van der Waals surface area contributed by atoms with Crippen LogP contribution >= 0.6 is 23.1 Å². The minimum absolute atomic E-state index is 0.0473. The zero-order valence-corrected chi connectivity index (χ0v) is 17.1. The minimum Gasteiger partial charge on any atom is -0.366 e. The monoisotopic (exact) mass is 416 g/mol. The predicted octanol–water partition coefficient (Wildman–Crippen LogP) is 3.26. The predicted molar refractivity (Wildman–Crippen MR) is 113 cm³/mol. The van der Waals surface area contributed by atoms with Crippen molar-refractivity contribution in [1.29, 1.82) is 0 Å². The van der Waals surface area contributed by atoms with E-state index in [1.54, 1.807) is 28.1 Å². The van der Waals surface area contributed by atoms with Crippen LogP contribution in [-0.4, -0.2) is 27.1 Å². The number of benzene rings is 1. The smallest absolute Gasteiger partial charge is 0.262 e. The number of carbonyl (C=O) groups excluding carboxylic acids is 2. The van der Waals surface area contributed by atoms with Crippen molar-refractivity contribution in [2.45, 2.75) is 31.5 Å². The molecule has 0 saturated heterocycles. The van der Waals surface area contributed by atoms with Crippen LogP contribution in [0.5, 0.6) is 0 Å². The molecular formula is C19H20N4O3S2. The third-order valence-corrected chi connectivity index (χ3v) is 6.11. The molecular weight excluding hydrogens is 396 g/mol. The van der Waals surface area contributed by atoms with Gasteiger partial charge in [0, 0.05) is 6.04 Å². The summed E-state index contributed by atoms with van der Waals surface area (Å²) in [6.45, 7) is 3.95. The van der Waals surface area contributed by atoms with Gasteiger partial charge in [-0.15, -0.1) is 11.3 Å². The van der Waals surface area contributed by atoms with Gasteiger partial charge in [0.05, 0.1) is 22.2 Å². The van der Waals surface area contributed by atoms with Gasteiger partial charge in [0.15, 0.2) is 5.16 Å². The number of para-hydroxylation sites is 1. The van der Waals surface area contributed by atoms with Crippen molar-refractivity contribution < 1.29 is 9.59 Å². The van der Waals surface area contributed by atoms with Crippen molar-refractivity contribution in [1.82, 2.24) is 9.55 Å². The molecule has 3 rings (SSSR count). The van der Waals surface area contributed by atoms with Crippen molar-refractivity contribution in [3.63, 3.8) is 0 Å². The molecule has 0 aliphatic rings. The van der Waals surface area contributed by atoms with Gasteiger partial charge in [-0.25, -0.2) is 4.98 Å². The number of hydrogen-bond acceptors (Lipinski definition) is 6. The van der Waals surface area contributed by atoms with Gasteiger partial charge in [-0.2, -0.15) is 0 Å². The van der Waals surface area contributed by atoms with E-state index >= 15 is 0 Å². The molecule has 0 aliphatic carbocycles. The fourth-order valence-electron chi connectivity index (χ4n) is 2.69. The number of carbonyl (C=O) groups is 2. The van der Waals surface area contributed by atoms with Crippen molar-refractivity contribution in [3.05, 3.63) is 51.6 Å². The minimum atomic E-state index is -0.592. The number of nitrogens with two attached hydrogens (primary N) is 1. The first-order valence-electron chi connectivity index (χ1n) is 8.73. The maximum Gasteiger partial charge on any atom is 0.262 e. The van der Waals surface area contributed by atoms with E-state index in [9.17, 15) is 14.4 Å². The summed E-state index contributed by atoms with van der Waals surface area (Å²) in [4.78, 5) is 41.3. The molecule has 2 amide bonds. The van der Waals surface area contributed by atoms with E-state index in [2.05, 4.69) is 10.3 Å². The highest BCUT2D eigenvalue weighted by Gasteiger charge is 2.18. The quantitative estimate of drug-likeness (QED) is 0.454. The van der Waals surface area contributed by atoms with Gasteiger partial charge in [-0.05, 0) is 36.9 Å². The molecule has 0 aliphatic heterocycles. The maximum absolute atomic E-state index is 12.9. The Hall–Kier alpha value is -2.65. The highest BCUT2D eigenvalue weighted by molar-refractivity contribution is 7.99. The van der Waals surface area contributed by atoms with Crippen molar-refractivity contribution in [2.24, 2.45) is 5.73 Å². The first kappa shape index (κ1) is 20.1. The Morgan fingerprint density at radius 1 is 1.32 bits per heavy atom. The first-order chi connectivity index (χ1) is 13.4. The van der Waals surface area contributed by atoms with Crippen LogP contribution in [0, 0.1) is 0 Å². The summed E-state index contributed by atoms with van der Waals surface area (Å²) < 4.78 is 1.64.